The number of carbonyl (C=O) groups excluding carboxylic acids is 1. The molecule has 0 aliphatic heterocycles. The van der Waals surface area contributed by atoms with E-state index < -0.39 is 0 Å². The van der Waals surface area contributed by atoms with E-state index in [1.807, 2.05) is 18.3 Å². The Hall–Kier alpha value is -2.35. The molecule has 0 fully saturated rings. The molecule has 1 heterocycles. The fraction of sp³-hybridized carbons (Fsp3) is 0.118. The Labute approximate surface area is 111 Å². The molecule has 0 atom stereocenters. The third kappa shape index (κ3) is 1.60. The second-order valence-corrected chi connectivity index (χ2v) is 5.07. The van der Waals surface area contributed by atoms with E-state index in [1.165, 1.54) is 22.1 Å². The largest absolute Gasteiger partial charge is 0.361 e. The van der Waals surface area contributed by atoms with E-state index in [1.54, 1.807) is 0 Å². The number of benzene rings is 2. The van der Waals surface area contributed by atoms with Gasteiger partial charge in [0.1, 0.15) is 0 Å². The molecule has 1 N–H and O–H groups in total. The summed E-state index contributed by atoms with van der Waals surface area (Å²) in [6.07, 6.45) is 3.50. The van der Waals surface area contributed by atoms with Gasteiger partial charge in [-0.15, -0.1) is 0 Å². The number of hydrogen-bond acceptors (Lipinski definition) is 1. The average molecular weight is 247 g/mol. The average Bonchev–Trinajstić information content (AvgIpc) is 3.04. The molecule has 0 saturated carbocycles. The van der Waals surface area contributed by atoms with Crippen LogP contribution in [0.15, 0.2) is 48.7 Å². The number of ketones is 1. The van der Waals surface area contributed by atoms with Gasteiger partial charge in [0.2, 0.25) is 0 Å². The molecule has 0 saturated heterocycles. The van der Waals surface area contributed by atoms with Crippen LogP contribution in [0.4, 0.5) is 0 Å². The van der Waals surface area contributed by atoms with Crippen molar-refractivity contribution in [1.82, 2.24) is 4.98 Å². The third-order valence-electron chi connectivity index (χ3n) is 3.92. The van der Waals surface area contributed by atoms with E-state index in [9.17, 15) is 4.79 Å². The lowest BCUT2D eigenvalue weighted by molar-refractivity contribution is 0.0994. The Morgan fingerprint density at radius 1 is 0.895 bits per heavy atom. The Bertz CT molecular complexity index is 798. The predicted octanol–water partition coefficient (Wildman–Crippen LogP) is 3.96. The van der Waals surface area contributed by atoms with Gasteiger partial charge in [0.05, 0.1) is 0 Å². The van der Waals surface area contributed by atoms with Gasteiger partial charge in [0.15, 0.2) is 5.78 Å². The highest BCUT2D eigenvalue weighted by Crippen LogP contribution is 2.29. The lowest BCUT2D eigenvalue weighted by Gasteiger charge is -2.05. The van der Waals surface area contributed by atoms with Gasteiger partial charge in [-0.05, 0) is 40.6 Å². The monoisotopic (exact) mass is 247 g/mol. The number of carbonyl (C=O) groups is 1. The van der Waals surface area contributed by atoms with Gasteiger partial charge in [0.25, 0.3) is 0 Å². The number of nitrogens with one attached hydrogen (secondary N) is 1. The molecule has 2 heteroatoms. The molecule has 1 aliphatic carbocycles. The molecule has 19 heavy (non-hydrogen) atoms. The first-order chi connectivity index (χ1) is 9.31. The Morgan fingerprint density at radius 3 is 2.68 bits per heavy atom. The quantitative estimate of drug-likeness (QED) is 0.693. The topological polar surface area (TPSA) is 32.9 Å². The van der Waals surface area contributed by atoms with Crippen molar-refractivity contribution in [2.75, 3.05) is 0 Å². The van der Waals surface area contributed by atoms with Gasteiger partial charge in [0, 0.05) is 23.7 Å². The van der Waals surface area contributed by atoms with Crippen LogP contribution >= 0.6 is 0 Å². The van der Waals surface area contributed by atoms with Crippen LogP contribution in [-0.2, 0) is 6.42 Å². The van der Waals surface area contributed by atoms with Crippen LogP contribution in [0.1, 0.15) is 22.3 Å². The van der Waals surface area contributed by atoms with Crippen molar-refractivity contribution in [2.45, 2.75) is 12.8 Å². The zero-order chi connectivity index (χ0) is 12.8. The second-order valence-electron chi connectivity index (χ2n) is 5.07. The minimum absolute atomic E-state index is 0.279. The smallest absolute Gasteiger partial charge is 0.163 e. The lowest BCUT2D eigenvalue weighted by Crippen LogP contribution is -1.90. The summed E-state index contributed by atoms with van der Waals surface area (Å²) >= 11 is 0. The molecular weight excluding hydrogens is 234 g/mol. The summed E-state index contributed by atoms with van der Waals surface area (Å²) in [4.78, 5) is 14.9. The van der Waals surface area contributed by atoms with Crippen LogP contribution in [0.25, 0.3) is 22.0 Å². The van der Waals surface area contributed by atoms with Gasteiger partial charge in [-0.3, -0.25) is 4.79 Å². The van der Waals surface area contributed by atoms with Crippen molar-refractivity contribution in [2.24, 2.45) is 0 Å². The zero-order valence-electron chi connectivity index (χ0n) is 10.4. The van der Waals surface area contributed by atoms with E-state index in [2.05, 4.69) is 35.3 Å². The number of aromatic amines is 1. The molecule has 0 bridgehead atoms. The normalized spacial score (nSPS) is 14.0. The number of rotatable bonds is 1. The Kier molecular flexibility index (Phi) is 2.12. The van der Waals surface area contributed by atoms with Crippen LogP contribution in [0.5, 0.6) is 0 Å². The van der Waals surface area contributed by atoms with Crippen molar-refractivity contribution in [1.29, 1.82) is 0 Å². The Morgan fingerprint density at radius 2 is 1.74 bits per heavy atom. The fourth-order valence-electron chi connectivity index (χ4n) is 2.86. The molecule has 2 aromatic carbocycles. The maximum absolute atomic E-state index is 11.6. The van der Waals surface area contributed by atoms with Crippen LogP contribution in [0, 0.1) is 0 Å². The fourth-order valence-corrected chi connectivity index (χ4v) is 2.86. The van der Waals surface area contributed by atoms with E-state index in [-0.39, 0.29) is 5.78 Å². The summed E-state index contributed by atoms with van der Waals surface area (Å²) in [5.41, 5.74) is 5.62. The van der Waals surface area contributed by atoms with Gasteiger partial charge in [-0.25, -0.2) is 0 Å². The molecule has 0 spiro atoms. The highest BCUT2D eigenvalue weighted by molar-refractivity contribution is 6.01. The van der Waals surface area contributed by atoms with E-state index >= 15 is 0 Å². The van der Waals surface area contributed by atoms with Crippen LogP contribution in [0.2, 0.25) is 0 Å². The summed E-state index contributed by atoms with van der Waals surface area (Å²) < 4.78 is 0. The molecule has 92 valence electrons. The summed E-state index contributed by atoms with van der Waals surface area (Å²) in [7, 11) is 0. The van der Waals surface area contributed by atoms with Crippen molar-refractivity contribution in [3.63, 3.8) is 0 Å². The van der Waals surface area contributed by atoms with Crippen molar-refractivity contribution < 1.29 is 4.79 Å². The summed E-state index contributed by atoms with van der Waals surface area (Å²) in [5, 5.41) is 1.22. The predicted molar refractivity (Wildman–Crippen MR) is 76.4 cm³/mol. The third-order valence-corrected chi connectivity index (χ3v) is 3.92. The molecule has 0 radical (unpaired) electrons. The Balaban J connectivity index is 1.85. The maximum atomic E-state index is 11.6. The molecule has 1 aromatic heterocycles. The van der Waals surface area contributed by atoms with E-state index in [4.69, 9.17) is 0 Å². The molecule has 0 unspecified atom stereocenters. The van der Waals surface area contributed by atoms with Gasteiger partial charge in [-0.1, -0.05) is 30.3 Å². The first-order valence-electron chi connectivity index (χ1n) is 6.55. The lowest BCUT2D eigenvalue weighted by atomic mass is 10.00. The highest BCUT2D eigenvalue weighted by atomic mass is 16.1. The molecule has 2 nitrogen and oxygen atoms in total. The molecule has 1 aliphatic rings. The first-order valence-corrected chi connectivity index (χ1v) is 6.55. The number of Topliss-reactive ketones (excluding diaryl/α,β-unsaturated/α-hetero) is 1. The van der Waals surface area contributed by atoms with Crippen LogP contribution in [-0.4, -0.2) is 10.8 Å². The minimum Gasteiger partial charge on any atom is -0.361 e. The van der Waals surface area contributed by atoms with E-state index in [0.717, 1.165) is 17.5 Å². The summed E-state index contributed by atoms with van der Waals surface area (Å²) in [6, 6.07) is 14.7. The standard InChI is InChI=1S/C17H13NO/c19-17-6-4-14-9-12(3-5-15(14)17)13-2-1-11-7-8-18-16(11)10-13/h1-3,5,7-10,18H,4,6H2. The van der Waals surface area contributed by atoms with Crippen molar-refractivity contribution in [3.05, 3.63) is 59.8 Å². The van der Waals surface area contributed by atoms with Crippen LogP contribution < -0.4 is 0 Å². The minimum atomic E-state index is 0.279. The number of aryl methyl sites for hydroxylation is 1. The van der Waals surface area contributed by atoms with Gasteiger partial charge >= 0.3 is 0 Å². The molecule has 4 rings (SSSR count). The SMILES string of the molecule is O=C1CCc2cc(-c3ccc4cc[nH]c4c3)ccc21. The molecular formula is C17H13NO. The maximum Gasteiger partial charge on any atom is 0.163 e. The molecule has 3 aromatic rings. The van der Waals surface area contributed by atoms with E-state index in [0.29, 0.717) is 6.42 Å². The first kappa shape index (κ1) is 10.6. The molecule has 0 amide bonds. The summed E-state index contributed by atoms with van der Waals surface area (Å²) in [5.74, 6) is 0.279. The van der Waals surface area contributed by atoms with Crippen molar-refractivity contribution >= 4 is 16.7 Å². The second kappa shape index (κ2) is 3.82. The number of aromatic nitrogens is 1. The van der Waals surface area contributed by atoms with Gasteiger partial charge in [-0.2, -0.15) is 0 Å². The van der Waals surface area contributed by atoms with Gasteiger partial charge < -0.3 is 4.98 Å². The number of H-pyrrole nitrogens is 1. The zero-order valence-corrected chi connectivity index (χ0v) is 10.4. The number of hydrogen-bond donors (Lipinski definition) is 1. The van der Waals surface area contributed by atoms with Crippen LogP contribution in [0.3, 0.4) is 0 Å². The number of fused-ring (bicyclic) bond motifs is 2. The highest BCUT2D eigenvalue weighted by Gasteiger charge is 2.19. The summed E-state index contributed by atoms with van der Waals surface area (Å²) in [6.45, 7) is 0. The van der Waals surface area contributed by atoms with Crippen molar-refractivity contribution in [3.8, 4) is 11.1 Å².